The number of nitrogens with one attached hydrogen (secondary N) is 3. The van der Waals surface area contributed by atoms with Gasteiger partial charge in [-0.15, -0.1) is 4.37 Å². The molecule has 23 heteroatoms. The number of aromatic nitrogens is 4. The molecule has 2 aliphatic heterocycles. The Balaban J connectivity index is 0.975. The molecule has 0 saturated carbocycles. The second-order valence-electron chi connectivity index (χ2n) is 18.2. The van der Waals surface area contributed by atoms with Crippen molar-refractivity contribution in [3.63, 3.8) is 0 Å². The molecule has 2 aromatic heterocycles. The van der Waals surface area contributed by atoms with Crippen molar-refractivity contribution in [2.24, 2.45) is 0 Å². The Bertz CT molecular complexity index is 2370. The number of anilines is 2. The van der Waals surface area contributed by atoms with Crippen LogP contribution in [-0.4, -0.2) is 168 Å². The molecule has 2 aromatic carbocycles. The number of hydrogen-bond donors (Lipinski definition) is 3. The lowest BCUT2D eigenvalue weighted by Crippen LogP contribution is -2.44. The molecule has 2 aliphatic rings. The molecule has 2 amide bonds. The van der Waals surface area contributed by atoms with Crippen LogP contribution >= 0.6 is 11.7 Å². The van der Waals surface area contributed by atoms with Gasteiger partial charge in [-0.2, -0.15) is 9.47 Å². The second-order valence-corrected chi connectivity index (χ2v) is 18.8. The highest BCUT2D eigenvalue weighted by molar-refractivity contribution is 6.99. The van der Waals surface area contributed by atoms with Crippen molar-refractivity contribution >= 4 is 53.1 Å². The van der Waals surface area contributed by atoms with Gasteiger partial charge >= 0.3 is 29.9 Å². The van der Waals surface area contributed by atoms with Gasteiger partial charge in [-0.3, -0.25) is 19.6 Å². The van der Waals surface area contributed by atoms with E-state index in [4.69, 9.17) is 37.9 Å². The summed E-state index contributed by atoms with van der Waals surface area (Å²) in [6, 6.07) is 12.2. The third kappa shape index (κ3) is 17.6. The first-order chi connectivity index (χ1) is 34.6. The Hall–Kier alpha value is -6.56. The number of rotatable bonds is 26. The van der Waals surface area contributed by atoms with Gasteiger partial charge in [-0.1, -0.05) is 18.2 Å². The van der Waals surface area contributed by atoms with Crippen LogP contribution in [0.3, 0.4) is 0 Å². The average molecular weight is 1020 g/mol. The van der Waals surface area contributed by atoms with Crippen LogP contribution in [-0.2, 0) is 49.4 Å². The Morgan fingerprint density at radius 1 is 0.875 bits per heavy atom. The number of carbonyl (C=O) groups is 5. The van der Waals surface area contributed by atoms with Crippen LogP contribution in [0.2, 0.25) is 0 Å². The predicted octanol–water partition coefficient (Wildman–Crippen LogP) is 4.85. The fourth-order valence-electron chi connectivity index (χ4n) is 7.47. The highest BCUT2D eigenvalue weighted by Crippen LogP contribution is 2.32. The van der Waals surface area contributed by atoms with Crippen LogP contribution in [0.1, 0.15) is 65.9 Å². The van der Waals surface area contributed by atoms with Crippen LogP contribution < -0.4 is 29.7 Å². The number of urea groups is 1. The molecule has 0 bridgehead atoms. The minimum Gasteiger partial charge on any atom is -0.497 e. The lowest BCUT2D eigenvalue weighted by atomic mass is 10.1. The smallest absolute Gasteiger partial charge is 0.347 e. The molecule has 72 heavy (non-hydrogen) atoms. The fraction of sp³-hybridized carbons (Fsp3) is 0.551. The van der Waals surface area contributed by atoms with E-state index >= 15 is 0 Å². The molecule has 3 N–H and O–H groups in total. The van der Waals surface area contributed by atoms with Crippen LogP contribution in [0.4, 0.5) is 16.3 Å². The number of carbonyl (C=O) groups excluding carboxylic acids is 5. The summed E-state index contributed by atoms with van der Waals surface area (Å²) >= 11 is 1.01. The largest absolute Gasteiger partial charge is 0.497 e. The number of ether oxygens (including phenoxy) is 8. The summed E-state index contributed by atoms with van der Waals surface area (Å²) in [4.78, 5) is 71.6. The lowest BCUT2D eigenvalue weighted by Gasteiger charge is -2.27. The number of amides is 2. The molecule has 4 aromatic rings. The summed E-state index contributed by atoms with van der Waals surface area (Å²) in [5, 5.41) is 13.2. The molecular weight excluding hydrogens is 955 g/mol. The van der Waals surface area contributed by atoms with E-state index in [2.05, 4.69) is 34.5 Å². The molecule has 0 spiro atoms. The highest BCUT2D eigenvalue weighted by atomic mass is 32.1. The molecule has 392 valence electrons. The van der Waals surface area contributed by atoms with Gasteiger partial charge in [0, 0.05) is 50.0 Å². The molecule has 2 saturated heterocycles. The normalized spacial score (nSPS) is 15.2. The van der Waals surface area contributed by atoms with Gasteiger partial charge in [0.2, 0.25) is 5.82 Å². The maximum absolute atomic E-state index is 14.1. The minimum absolute atomic E-state index is 0.0263. The molecule has 2 unspecified atom stereocenters. The number of likely N-dealkylation sites (tertiary alicyclic amines) is 1. The zero-order valence-corrected chi connectivity index (χ0v) is 42.7. The van der Waals surface area contributed by atoms with E-state index in [0.29, 0.717) is 61.8 Å². The number of morpholine rings is 1. The average Bonchev–Trinajstić information content (AvgIpc) is 4.19. The molecule has 0 radical (unpaired) electrons. The van der Waals surface area contributed by atoms with Crippen molar-refractivity contribution in [2.45, 2.75) is 90.7 Å². The monoisotopic (exact) mass is 1020 g/mol. The van der Waals surface area contributed by atoms with E-state index in [9.17, 15) is 24.0 Å². The third-order valence-electron chi connectivity index (χ3n) is 11.4. The molecule has 22 nitrogen and oxygen atoms in total. The van der Waals surface area contributed by atoms with E-state index in [0.717, 1.165) is 60.9 Å². The maximum atomic E-state index is 14.1. The predicted molar refractivity (Wildman–Crippen MR) is 265 cm³/mol. The Morgan fingerprint density at radius 3 is 2.35 bits per heavy atom. The lowest BCUT2D eigenvalue weighted by molar-refractivity contribution is -0.177. The van der Waals surface area contributed by atoms with E-state index in [1.54, 1.807) is 43.8 Å². The van der Waals surface area contributed by atoms with Crippen molar-refractivity contribution in [1.82, 2.24) is 34.1 Å². The molecule has 4 heterocycles. The number of esters is 4. The topological polar surface area (TPSA) is 247 Å². The Kier molecular flexibility index (Phi) is 20.8. The van der Waals surface area contributed by atoms with Crippen molar-refractivity contribution in [2.75, 3.05) is 96.2 Å². The number of H-pyrrole nitrogens is 1. The minimum atomic E-state index is -1.42. The Labute approximate surface area is 423 Å². The van der Waals surface area contributed by atoms with Crippen molar-refractivity contribution < 1.29 is 61.9 Å². The SMILES string of the molecule is COc1cccc(CN(CCOC(=O)C(C)OC(=O)C(C)OC(=O)CCC(=O)O[C@@H](CNC(C)(C)C)COc2nsnc2N2CCOCC2)C(=O)Nc2ccc(-c3cn[nH]c3)cc2OCCN2CCCC2)c1. The summed E-state index contributed by atoms with van der Waals surface area (Å²) in [5.74, 6) is -1.45. The van der Waals surface area contributed by atoms with Gasteiger partial charge in [0.05, 0.1) is 63.3 Å². The zero-order chi connectivity index (χ0) is 51.5. The van der Waals surface area contributed by atoms with E-state index in [1.165, 1.54) is 18.7 Å². The summed E-state index contributed by atoms with van der Waals surface area (Å²) in [5.41, 5.74) is 2.60. The third-order valence-corrected chi connectivity index (χ3v) is 11.9. The number of methoxy groups -OCH3 is 1. The summed E-state index contributed by atoms with van der Waals surface area (Å²) < 4.78 is 53.4. The van der Waals surface area contributed by atoms with Crippen LogP contribution in [0.15, 0.2) is 54.9 Å². The highest BCUT2D eigenvalue weighted by Gasteiger charge is 2.28. The number of benzene rings is 2. The summed E-state index contributed by atoms with van der Waals surface area (Å²) in [6.45, 7) is 14.1. The van der Waals surface area contributed by atoms with E-state index in [-0.39, 0.29) is 44.8 Å². The first kappa shape index (κ1) is 54.8. The fourth-order valence-corrected chi connectivity index (χ4v) is 7.99. The van der Waals surface area contributed by atoms with E-state index in [1.807, 2.05) is 43.9 Å². The molecular formula is C49H67N9O13S. The van der Waals surface area contributed by atoms with Gasteiger partial charge in [0.1, 0.15) is 37.4 Å². The number of hydrogen-bond acceptors (Lipinski definition) is 20. The zero-order valence-electron chi connectivity index (χ0n) is 41.8. The van der Waals surface area contributed by atoms with Gasteiger partial charge in [-0.25, -0.2) is 14.4 Å². The van der Waals surface area contributed by atoms with Crippen molar-refractivity contribution in [3.05, 3.63) is 60.4 Å². The first-order valence-corrected chi connectivity index (χ1v) is 24.8. The maximum Gasteiger partial charge on any atom is 0.347 e. The van der Waals surface area contributed by atoms with Crippen LogP contribution in [0.25, 0.3) is 11.1 Å². The van der Waals surface area contributed by atoms with Crippen molar-refractivity contribution in [3.8, 4) is 28.5 Å². The second kappa shape index (κ2) is 27.3. The van der Waals surface area contributed by atoms with Crippen LogP contribution in [0, 0.1) is 0 Å². The molecule has 3 atom stereocenters. The molecule has 2 fully saturated rings. The van der Waals surface area contributed by atoms with Crippen LogP contribution in [0.5, 0.6) is 17.4 Å². The Morgan fingerprint density at radius 2 is 1.62 bits per heavy atom. The van der Waals surface area contributed by atoms with Gasteiger partial charge in [0.15, 0.2) is 12.2 Å². The summed E-state index contributed by atoms with van der Waals surface area (Å²) in [7, 11) is 1.55. The number of nitrogens with zero attached hydrogens (tertiary/aromatic N) is 6. The quantitative estimate of drug-likeness (QED) is 0.0562. The van der Waals surface area contributed by atoms with Gasteiger partial charge in [-0.05, 0) is 95.9 Å². The number of aromatic amines is 1. The standard InChI is InChI=1S/C49H67N9O13S/c1-33(70-47(62)34(2)69-42(59)14-15-43(60)71-39(30-50-49(3,4)5)32-68-45-44(54-72-55-45)57-19-22-65-23-20-57)46(61)67-25-21-58(31-35-10-9-11-38(26-35)64-6)48(63)53-40-13-12-36(37-28-51-52-29-37)27-41(40)66-24-18-56-16-7-8-17-56/h9-13,26-29,33-34,39,50H,7-8,14-25,30-32H2,1-6H3,(H,51,52)(H,53,63)/t33?,34?,39-/m0/s1. The first-order valence-electron chi connectivity index (χ1n) is 24.1. The van der Waals surface area contributed by atoms with Gasteiger partial charge < -0.3 is 58.3 Å². The molecule has 6 rings (SSSR count). The summed E-state index contributed by atoms with van der Waals surface area (Å²) in [6.07, 6.45) is 1.49. The van der Waals surface area contributed by atoms with Gasteiger partial charge in [0.25, 0.3) is 5.88 Å². The molecule has 0 aliphatic carbocycles. The van der Waals surface area contributed by atoms with Crippen molar-refractivity contribution in [1.29, 1.82) is 0 Å². The van der Waals surface area contributed by atoms with E-state index < -0.39 is 54.6 Å².